The van der Waals surface area contributed by atoms with Gasteiger partial charge < -0.3 is 9.47 Å². The SMILES string of the molecule is CN1CCOCC1CN1CCOCC1. The molecule has 0 N–H and O–H groups in total. The van der Waals surface area contributed by atoms with Crippen LogP contribution in [0.2, 0.25) is 0 Å². The van der Waals surface area contributed by atoms with Crippen molar-refractivity contribution in [1.29, 1.82) is 0 Å². The molecule has 2 heterocycles. The van der Waals surface area contributed by atoms with Crippen molar-refractivity contribution < 1.29 is 9.47 Å². The Morgan fingerprint density at radius 2 is 1.79 bits per heavy atom. The van der Waals surface area contributed by atoms with Crippen LogP contribution in [-0.2, 0) is 9.47 Å². The summed E-state index contributed by atoms with van der Waals surface area (Å²) in [5, 5.41) is 0. The number of hydrogen-bond acceptors (Lipinski definition) is 4. The number of morpholine rings is 2. The molecule has 0 saturated carbocycles. The molecule has 4 nitrogen and oxygen atoms in total. The minimum atomic E-state index is 0.571. The van der Waals surface area contributed by atoms with E-state index in [1.165, 1.54) is 0 Å². The third-order valence-corrected chi connectivity index (χ3v) is 3.09. The van der Waals surface area contributed by atoms with Crippen molar-refractivity contribution in [3.8, 4) is 0 Å². The van der Waals surface area contributed by atoms with E-state index in [-0.39, 0.29) is 0 Å². The average Bonchev–Trinajstić information content (AvgIpc) is 2.23. The molecule has 2 aliphatic rings. The first-order valence-electron chi connectivity index (χ1n) is 5.44. The average molecular weight is 200 g/mol. The topological polar surface area (TPSA) is 24.9 Å². The monoisotopic (exact) mass is 200 g/mol. The first-order valence-corrected chi connectivity index (χ1v) is 5.44. The molecule has 0 aliphatic carbocycles. The number of hydrogen-bond donors (Lipinski definition) is 0. The lowest BCUT2D eigenvalue weighted by Crippen LogP contribution is -2.51. The minimum absolute atomic E-state index is 0.571. The standard InChI is InChI=1S/C10H20N2O2/c1-11-2-5-14-9-10(11)8-12-3-6-13-7-4-12/h10H,2-9H2,1H3. The molecule has 1 atom stereocenters. The smallest absolute Gasteiger partial charge is 0.0634 e. The van der Waals surface area contributed by atoms with E-state index < -0.39 is 0 Å². The normalized spacial score (nSPS) is 31.9. The second kappa shape index (κ2) is 5.07. The van der Waals surface area contributed by atoms with E-state index in [2.05, 4.69) is 16.8 Å². The molecule has 0 amide bonds. The molecule has 0 aromatic heterocycles. The molecule has 2 rings (SSSR count). The summed E-state index contributed by atoms with van der Waals surface area (Å²) in [5.41, 5.74) is 0. The second-order valence-corrected chi connectivity index (χ2v) is 4.12. The molecule has 2 aliphatic heterocycles. The molecular formula is C10H20N2O2. The highest BCUT2D eigenvalue weighted by Crippen LogP contribution is 2.07. The van der Waals surface area contributed by atoms with Crippen LogP contribution in [0.5, 0.6) is 0 Å². The Morgan fingerprint density at radius 3 is 2.50 bits per heavy atom. The van der Waals surface area contributed by atoms with Crippen molar-refractivity contribution in [2.75, 3.05) is 59.7 Å². The van der Waals surface area contributed by atoms with Gasteiger partial charge in [0.1, 0.15) is 0 Å². The van der Waals surface area contributed by atoms with E-state index in [0.717, 1.165) is 52.6 Å². The van der Waals surface area contributed by atoms with Gasteiger partial charge in [-0.3, -0.25) is 9.80 Å². The van der Waals surface area contributed by atoms with Gasteiger partial charge in [0.15, 0.2) is 0 Å². The summed E-state index contributed by atoms with van der Waals surface area (Å²) in [5.74, 6) is 0. The van der Waals surface area contributed by atoms with Gasteiger partial charge in [0.2, 0.25) is 0 Å². The Morgan fingerprint density at radius 1 is 1.07 bits per heavy atom. The summed E-state index contributed by atoms with van der Waals surface area (Å²) in [6.07, 6.45) is 0. The van der Waals surface area contributed by atoms with Crippen LogP contribution >= 0.6 is 0 Å². The maximum absolute atomic E-state index is 5.49. The minimum Gasteiger partial charge on any atom is -0.379 e. The Kier molecular flexibility index (Phi) is 3.75. The van der Waals surface area contributed by atoms with E-state index in [1.807, 2.05) is 0 Å². The maximum atomic E-state index is 5.49. The molecule has 0 radical (unpaired) electrons. The van der Waals surface area contributed by atoms with Crippen molar-refractivity contribution in [1.82, 2.24) is 9.80 Å². The van der Waals surface area contributed by atoms with Gasteiger partial charge in [-0.05, 0) is 7.05 Å². The largest absolute Gasteiger partial charge is 0.379 e. The van der Waals surface area contributed by atoms with Crippen molar-refractivity contribution in [2.24, 2.45) is 0 Å². The molecule has 1 unspecified atom stereocenters. The summed E-state index contributed by atoms with van der Waals surface area (Å²) < 4.78 is 10.8. The van der Waals surface area contributed by atoms with Gasteiger partial charge in [-0.15, -0.1) is 0 Å². The fourth-order valence-electron chi connectivity index (χ4n) is 2.01. The molecule has 2 saturated heterocycles. The second-order valence-electron chi connectivity index (χ2n) is 4.12. The van der Waals surface area contributed by atoms with E-state index in [1.54, 1.807) is 0 Å². The summed E-state index contributed by atoms with van der Waals surface area (Å²) in [4.78, 5) is 4.87. The fourth-order valence-corrected chi connectivity index (χ4v) is 2.01. The number of nitrogens with zero attached hydrogens (tertiary/aromatic N) is 2. The molecule has 82 valence electrons. The van der Waals surface area contributed by atoms with Gasteiger partial charge in [0.05, 0.1) is 26.4 Å². The van der Waals surface area contributed by atoms with Crippen LogP contribution in [0.4, 0.5) is 0 Å². The predicted octanol–water partition coefficient (Wildman–Crippen LogP) is -0.351. The van der Waals surface area contributed by atoms with E-state index in [9.17, 15) is 0 Å². The van der Waals surface area contributed by atoms with Crippen molar-refractivity contribution in [2.45, 2.75) is 6.04 Å². The molecule has 2 fully saturated rings. The Balaban J connectivity index is 1.76. The highest BCUT2D eigenvalue weighted by atomic mass is 16.5. The van der Waals surface area contributed by atoms with Gasteiger partial charge in [-0.1, -0.05) is 0 Å². The predicted molar refractivity (Wildman–Crippen MR) is 54.5 cm³/mol. The van der Waals surface area contributed by atoms with Crippen LogP contribution in [0.3, 0.4) is 0 Å². The number of rotatable bonds is 2. The quantitative estimate of drug-likeness (QED) is 0.608. The maximum Gasteiger partial charge on any atom is 0.0634 e. The molecule has 4 heteroatoms. The zero-order chi connectivity index (χ0) is 9.80. The Labute approximate surface area is 85.8 Å². The summed E-state index contributed by atoms with van der Waals surface area (Å²) >= 11 is 0. The van der Waals surface area contributed by atoms with Crippen LogP contribution in [0.15, 0.2) is 0 Å². The van der Waals surface area contributed by atoms with Crippen LogP contribution in [0, 0.1) is 0 Å². The van der Waals surface area contributed by atoms with E-state index in [0.29, 0.717) is 6.04 Å². The summed E-state index contributed by atoms with van der Waals surface area (Å²) in [7, 11) is 2.19. The first-order chi connectivity index (χ1) is 6.86. The van der Waals surface area contributed by atoms with Crippen LogP contribution in [0.1, 0.15) is 0 Å². The van der Waals surface area contributed by atoms with Gasteiger partial charge >= 0.3 is 0 Å². The summed E-state index contributed by atoms with van der Waals surface area (Å²) in [6.45, 7) is 7.88. The van der Waals surface area contributed by atoms with Gasteiger partial charge in [0.25, 0.3) is 0 Å². The molecule has 0 aromatic carbocycles. The van der Waals surface area contributed by atoms with E-state index >= 15 is 0 Å². The highest BCUT2D eigenvalue weighted by molar-refractivity contribution is 4.77. The van der Waals surface area contributed by atoms with Gasteiger partial charge in [-0.2, -0.15) is 0 Å². The molecule has 0 spiro atoms. The molecular weight excluding hydrogens is 180 g/mol. The Hall–Kier alpha value is -0.160. The lowest BCUT2D eigenvalue weighted by Gasteiger charge is -2.37. The number of likely N-dealkylation sites (N-methyl/N-ethyl adjacent to an activating group) is 1. The summed E-state index contributed by atoms with van der Waals surface area (Å²) in [6, 6.07) is 0.571. The molecule has 0 aromatic rings. The first kappa shape index (κ1) is 10.4. The van der Waals surface area contributed by atoms with Crippen LogP contribution < -0.4 is 0 Å². The lowest BCUT2D eigenvalue weighted by molar-refractivity contribution is -0.0256. The lowest BCUT2D eigenvalue weighted by atomic mass is 10.2. The van der Waals surface area contributed by atoms with Crippen molar-refractivity contribution >= 4 is 0 Å². The fraction of sp³-hybridized carbons (Fsp3) is 1.00. The zero-order valence-corrected chi connectivity index (χ0v) is 8.95. The third-order valence-electron chi connectivity index (χ3n) is 3.09. The van der Waals surface area contributed by atoms with E-state index in [4.69, 9.17) is 9.47 Å². The molecule has 14 heavy (non-hydrogen) atoms. The van der Waals surface area contributed by atoms with Crippen molar-refractivity contribution in [3.63, 3.8) is 0 Å². The van der Waals surface area contributed by atoms with Crippen LogP contribution in [0.25, 0.3) is 0 Å². The molecule has 0 bridgehead atoms. The van der Waals surface area contributed by atoms with Crippen LogP contribution in [-0.4, -0.2) is 75.5 Å². The highest BCUT2D eigenvalue weighted by Gasteiger charge is 2.22. The van der Waals surface area contributed by atoms with Crippen molar-refractivity contribution in [3.05, 3.63) is 0 Å². The third kappa shape index (κ3) is 2.67. The van der Waals surface area contributed by atoms with Gasteiger partial charge in [0, 0.05) is 32.2 Å². The van der Waals surface area contributed by atoms with Gasteiger partial charge in [-0.25, -0.2) is 0 Å². The number of ether oxygens (including phenoxy) is 2. The Bertz CT molecular complexity index is 172. The zero-order valence-electron chi connectivity index (χ0n) is 8.95.